The van der Waals surface area contributed by atoms with Crippen LogP contribution in [0.25, 0.3) is 0 Å². The molecule has 0 aliphatic heterocycles. The topological polar surface area (TPSA) is 41.1 Å². The van der Waals surface area contributed by atoms with Gasteiger partial charge >= 0.3 is 6.03 Å². The van der Waals surface area contributed by atoms with E-state index in [4.69, 9.17) is 0 Å². The van der Waals surface area contributed by atoms with Gasteiger partial charge in [0, 0.05) is 13.1 Å². The molecule has 22 heavy (non-hydrogen) atoms. The maximum Gasteiger partial charge on any atom is 0.314 e. The van der Waals surface area contributed by atoms with Crippen molar-refractivity contribution in [1.82, 2.24) is 10.6 Å². The first-order valence-electron chi connectivity index (χ1n) is 7.54. The normalized spacial score (nSPS) is 10.2. The highest BCUT2D eigenvalue weighted by atomic mass is 19.1. The van der Waals surface area contributed by atoms with Crippen LogP contribution in [0.2, 0.25) is 0 Å². The van der Waals surface area contributed by atoms with Crippen LogP contribution in [0.1, 0.15) is 17.5 Å². The van der Waals surface area contributed by atoms with Gasteiger partial charge in [-0.3, -0.25) is 0 Å². The van der Waals surface area contributed by atoms with Crippen LogP contribution >= 0.6 is 0 Å². The lowest BCUT2D eigenvalue weighted by atomic mass is 10.1. The van der Waals surface area contributed by atoms with Gasteiger partial charge in [-0.1, -0.05) is 42.5 Å². The predicted octanol–water partition coefficient (Wildman–Crippen LogP) is 3.30. The van der Waals surface area contributed by atoms with E-state index in [1.54, 1.807) is 6.07 Å². The number of carbonyl (C=O) groups excluding carboxylic acids is 1. The third-order valence-corrected chi connectivity index (χ3v) is 3.36. The van der Waals surface area contributed by atoms with Crippen LogP contribution in [-0.2, 0) is 12.8 Å². The number of aryl methyl sites for hydroxylation is 1. The van der Waals surface area contributed by atoms with Gasteiger partial charge in [-0.25, -0.2) is 9.18 Å². The average Bonchev–Trinajstić information content (AvgIpc) is 2.53. The summed E-state index contributed by atoms with van der Waals surface area (Å²) in [7, 11) is 0. The lowest BCUT2D eigenvalue weighted by Crippen LogP contribution is -2.37. The zero-order chi connectivity index (χ0) is 15.6. The summed E-state index contributed by atoms with van der Waals surface area (Å²) in [6, 6.07) is 16.4. The van der Waals surface area contributed by atoms with Crippen molar-refractivity contribution in [2.24, 2.45) is 0 Å². The van der Waals surface area contributed by atoms with Crippen LogP contribution in [0.4, 0.5) is 9.18 Å². The number of amides is 2. The molecule has 0 heterocycles. The Bertz CT molecular complexity index is 587. The van der Waals surface area contributed by atoms with E-state index in [1.807, 2.05) is 36.4 Å². The van der Waals surface area contributed by atoms with Crippen molar-refractivity contribution in [2.75, 3.05) is 13.1 Å². The third kappa shape index (κ3) is 5.95. The molecule has 2 amide bonds. The van der Waals surface area contributed by atoms with Crippen LogP contribution < -0.4 is 10.6 Å². The smallest absolute Gasteiger partial charge is 0.314 e. The van der Waals surface area contributed by atoms with E-state index >= 15 is 0 Å². The zero-order valence-corrected chi connectivity index (χ0v) is 12.5. The number of hydrogen-bond acceptors (Lipinski definition) is 1. The highest BCUT2D eigenvalue weighted by Gasteiger charge is 2.00. The molecule has 2 rings (SSSR count). The fourth-order valence-corrected chi connectivity index (χ4v) is 2.21. The number of urea groups is 1. The van der Waals surface area contributed by atoms with Crippen molar-refractivity contribution < 1.29 is 9.18 Å². The Hall–Kier alpha value is -2.36. The first kappa shape index (κ1) is 16.0. The number of halogens is 1. The van der Waals surface area contributed by atoms with Crippen LogP contribution in [0, 0.1) is 5.82 Å². The van der Waals surface area contributed by atoms with Crippen molar-refractivity contribution in [3.8, 4) is 0 Å². The van der Waals surface area contributed by atoms with Gasteiger partial charge in [0.05, 0.1) is 0 Å². The second-order valence-corrected chi connectivity index (χ2v) is 5.15. The maximum atomic E-state index is 13.0. The van der Waals surface area contributed by atoms with Crippen molar-refractivity contribution in [1.29, 1.82) is 0 Å². The average molecular weight is 300 g/mol. The minimum Gasteiger partial charge on any atom is -0.338 e. The Morgan fingerprint density at radius 1 is 0.864 bits per heavy atom. The molecule has 4 heteroatoms. The number of rotatable bonds is 7. The second-order valence-electron chi connectivity index (χ2n) is 5.15. The largest absolute Gasteiger partial charge is 0.338 e. The summed E-state index contributed by atoms with van der Waals surface area (Å²) in [6.45, 7) is 1.19. The van der Waals surface area contributed by atoms with Crippen LogP contribution in [0.3, 0.4) is 0 Å². The van der Waals surface area contributed by atoms with Crippen LogP contribution in [-0.4, -0.2) is 19.1 Å². The molecule has 0 saturated heterocycles. The lowest BCUT2D eigenvalue weighted by Gasteiger charge is -2.08. The summed E-state index contributed by atoms with van der Waals surface area (Å²) in [6.07, 6.45) is 2.36. The van der Waals surface area contributed by atoms with E-state index in [9.17, 15) is 9.18 Å². The molecule has 0 radical (unpaired) electrons. The second kappa shape index (κ2) is 8.82. The van der Waals surface area contributed by atoms with Crippen molar-refractivity contribution in [3.05, 3.63) is 71.5 Å². The summed E-state index contributed by atoms with van der Waals surface area (Å²) in [5.74, 6) is -0.218. The molecule has 2 N–H and O–H groups in total. The summed E-state index contributed by atoms with van der Waals surface area (Å²) in [4.78, 5) is 11.6. The molecule has 2 aromatic carbocycles. The standard InChI is InChI=1S/C18H21FN2O/c19-17-10-4-8-16(14-17)9-5-12-20-18(22)21-13-11-15-6-2-1-3-7-15/h1-4,6-8,10,14H,5,9,11-13H2,(H2,20,21,22). The molecule has 2 aromatic rings. The minimum atomic E-state index is -0.218. The van der Waals surface area contributed by atoms with E-state index in [-0.39, 0.29) is 11.8 Å². The Labute approximate surface area is 130 Å². The zero-order valence-electron chi connectivity index (χ0n) is 12.5. The monoisotopic (exact) mass is 300 g/mol. The number of carbonyl (C=O) groups is 1. The van der Waals surface area contributed by atoms with Crippen molar-refractivity contribution in [2.45, 2.75) is 19.3 Å². The molecule has 0 saturated carbocycles. The molecular weight excluding hydrogens is 279 g/mol. The number of benzene rings is 2. The van der Waals surface area contributed by atoms with Gasteiger partial charge in [0.2, 0.25) is 0 Å². The fraction of sp³-hybridized carbons (Fsp3) is 0.278. The number of hydrogen-bond donors (Lipinski definition) is 2. The highest BCUT2D eigenvalue weighted by molar-refractivity contribution is 5.73. The molecular formula is C18H21FN2O. The molecule has 0 aliphatic rings. The molecule has 0 spiro atoms. The first-order valence-corrected chi connectivity index (χ1v) is 7.54. The van der Waals surface area contributed by atoms with Gasteiger partial charge in [-0.15, -0.1) is 0 Å². The van der Waals surface area contributed by atoms with Crippen molar-refractivity contribution >= 4 is 6.03 Å². The van der Waals surface area contributed by atoms with Crippen LogP contribution in [0.15, 0.2) is 54.6 Å². The SMILES string of the molecule is O=C(NCCCc1cccc(F)c1)NCCc1ccccc1. The molecule has 0 aromatic heterocycles. The van der Waals surface area contributed by atoms with Crippen molar-refractivity contribution in [3.63, 3.8) is 0 Å². The van der Waals surface area contributed by atoms with Gasteiger partial charge in [-0.2, -0.15) is 0 Å². The quantitative estimate of drug-likeness (QED) is 0.757. The van der Waals surface area contributed by atoms with E-state index in [2.05, 4.69) is 10.6 Å². The minimum absolute atomic E-state index is 0.157. The lowest BCUT2D eigenvalue weighted by molar-refractivity contribution is 0.241. The first-order chi connectivity index (χ1) is 10.7. The molecule has 0 aliphatic carbocycles. The van der Waals surface area contributed by atoms with Gasteiger partial charge in [0.1, 0.15) is 5.82 Å². The van der Waals surface area contributed by atoms with Gasteiger partial charge in [-0.05, 0) is 42.5 Å². The van der Waals surface area contributed by atoms with E-state index in [0.29, 0.717) is 13.1 Å². The van der Waals surface area contributed by atoms with Gasteiger partial charge < -0.3 is 10.6 Å². The molecule has 0 atom stereocenters. The fourth-order valence-electron chi connectivity index (χ4n) is 2.21. The van der Waals surface area contributed by atoms with E-state index in [0.717, 1.165) is 24.8 Å². The molecule has 116 valence electrons. The molecule has 3 nitrogen and oxygen atoms in total. The highest BCUT2D eigenvalue weighted by Crippen LogP contribution is 2.05. The Kier molecular flexibility index (Phi) is 6.42. The Balaban J connectivity index is 1.56. The predicted molar refractivity (Wildman–Crippen MR) is 86.3 cm³/mol. The summed E-state index contributed by atoms with van der Waals surface area (Å²) in [5.41, 5.74) is 2.15. The molecule has 0 unspecified atom stereocenters. The third-order valence-electron chi connectivity index (χ3n) is 3.36. The van der Waals surface area contributed by atoms with Gasteiger partial charge in [0.25, 0.3) is 0 Å². The number of nitrogens with one attached hydrogen (secondary N) is 2. The Morgan fingerprint density at radius 3 is 2.36 bits per heavy atom. The summed E-state index contributed by atoms with van der Waals surface area (Å²) >= 11 is 0. The molecule has 0 fully saturated rings. The van der Waals surface area contributed by atoms with E-state index < -0.39 is 0 Å². The van der Waals surface area contributed by atoms with Gasteiger partial charge in [0.15, 0.2) is 0 Å². The maximum absolute atomic E-state index is 13.0. The van der Waals surface area contributed by atoms with E-state index in [1.165, 1.54) is 17.7 Å². The summed E-state index contributed by atoms with van der Waals surface area (Å²) in [5, 5.41) is 5.64. The summed E-state index contributed by atoms with van der Waals surface area (Å²) < 4.78 is 13.0. The Morgan fingerprint density at radius 2 is 1.59 bits per heavy atom. The van der Waals surface area contributed by atoms with Crippen LogP contribution in [0.5, 0.6) is 0 Å². The molecule has 0 bridgehead atoms.